The predicted octanol–water partition coefficient (Wildman–Crippen LogP) is 2.16. The van der Waals surface area contributed by atoms with Crippen LogP contribution in [0.25, 0.3) is 0 Å². The Bertz CT molecular complexity index is 430. The van der Waals surface area contributed by atoms with Crippen LogP contribution in [-0.2, 0) is 6.42 Å². The first-order valence-electron chi connectivity index (χ1n) is 5.22. The normalized spacial score (nSPS) is 17.9. The Morgan fingerprint density at radius 1 is 1.50 bits per heavy atom. The van der Waals surface area contributed by atoms with Gasteiger partial charge in [-0.25, -0.2) is 4.39 Å². The van der Waals surface area contributed by atoms with Crippen LogP contribution in [0.2, 0.25) is 0 Å². The Balaban J connectivity index is 2.30. The zero-order valence-corrected chi connectivity index (χ0v) is 8.78. The smallest absolute Gasteiger partial charge is 0.272 e. The maximum Gasteiger partial charge on any atom is 0.272 e. The minimum atomic E-state index is -0.489. The van der Waals surface area contributed by atoms with E-state index in [9.17, 15) is 14.5 Å². The second-order valence-corrected chi connectivity index (χ2v) is 4.42. The molecule has 86 valence electrons. The van der Waals surface area contributed by atoms with Crippen LogP contribution >= 0.6 is 0 Å². The predicted molar refractivity (Wildman–Crippen MR) is 57.5 cm³/mol. The Morgan fingerprint density at radius 3 is 2.69 bits per heavy atom. The highest BCUT2D eigenvalue weighted by Crippen LogP contribution is 2.34. The molecule has 4 nitrogen and oxygen atoms in total. The molecule has 1 aliphatic rings. The molecule has 2 rings (SSSR count). The van der Waals surface area contributed by atoms with Gasteiger partial charge in [0.15, 0.2) is 0 Å². The number of hydrogen-bond acceptors (Lipinski definition) is 3. The second kappa shape index (κ2) is 3.83. The standard InChI is InChI=1S/C11H13FN2O2/c12-9-2-3-10(14(15)16)8(6-9)7-11(13)4-1-5-11/h2-3,6H,1,4-5,7,13H2. The van der Waals surface area contributed by atoms with Crippen molar-refractivity contribution < 1.29 is 9.31 Å². The van der Waals surface area contributed by atoms with Crippen molar-refractivity contribution in [2.45, 2.75) is 31.2 Å². The molecule has 5 heteroatoms. The van der Waals surface area contributed by atoms with Crippen molar-refractivity contribution in [3.8, 4) is 0 Å². The molecule has 2 N–H and O–H groups in total. The number of nitro groups is 1. The topological polar surface area (TPSA) is 69.2 Å². The third-order valence-electron chi connectivity index (χ3n) is 3.13. The van der Waals surface area contributed by atoms with Crippen molar-refractivity contribution in [3.63, 3.8) is 0 Å². The second-order valence-electron chi connectivity index (χ2n) is 4.42. The zero-order chi connectivity index (χ0) is 11.8. The molecular weight excluding hydrogens is 211 g/mol. The van der Waals surface area contributed by atoms with E-state index in [0.29, 0.717) is 12.0 Å². The Kier molecular flexibility index (Phi) is 2.63. The van der Waals surface area contributed by atoms with Crippen molar-refractivity contribution in [3.05, 3.63) is 39.7 Å². The largest absolute Gasteiger partial charge is 0.325 e. The van der Waals surface area contributed by atoms with Crippen LogP contribution in [0.15, 0.2) is 18.2 Å². The molecule has 0 spiro atoms. The molecule has 0 unspecified atom stereocenters. The number of nitro benzene ring substituents is 1. The lowest BCUT2D eigenvalue weighted by Gasteiger charge is -2.38. The van der Waals surface area contributed by atoms with Gasteiger partial charge >= 0.3 is 0 Å². The summed E-state index contributed by atoms with van der Waals surface area (Å²) >= 11 is 0. The van der Waals surface area contributed by atoms with Crippen LogP contribution in [0.3, 0.4) is 0 Å². The van der Waals surface area contributed by atoms with Crippen LogP contribution in [0.4, 0.5) is 10.1 Å². The first-order valence-corrected chi connectivity index (χ1v) is 5.22. The highest BCUT2D eigenvalue weighted by molar-refractivity contribution is 5.41. The van der Waals surface area contributed by atoms with E-state index in [-0.39, 0.29) is 11.2 Å². The summed E-state index contributed by atoms with van der Waals surface area (Å²) in [6.07, 6.45) is 3.11. The summed E-state index contributed by atoms with van der Waals surface area (Å²) < 4.78 is 13.0. The molecule has 0 radical (unpaired) electrons. The van der Waals surface area contributed by atoms with E-state index in [1.807, 2.05) is 0 Å². The molecule has 0 heterocycles. The Hall–Kier alpha value is -1.49. The van der Waals surface area contributed by atoms with Crippen LogP contribution < -0.4 is 5.73 Å². The van der Waals surface area contributed by atoms with E-state index in [4.69, 9.17) is 5.73 Å². The number of halogens is 1. The van der Waals surface area contributed by atoms with Crippen molar-refractivity contribution in [2.24, 2.45) is 5.73 Å². The van der Waals surface area contributed by atoms with Gasteiger partial charge in [-0.3, -0.25) is 10.1 Å². The number of hydrogen-bond donors (Lipinski definition) is 1. The molecule has 0 atom stereocenters. The molecule has 1 aliphatic carbocycles. The van der Waals surface area contributed by atoms with E-state index < -0.39 is 10.7 Å². The summed E-state index contributed by atoms with van der Waals surface area (Å²) in [4.78, 5) is 10.3. The van der Waals surface area contributed by atoms with E-state index in [1.54, 1.807) is 0 Å². The van der Waals surface area contributed by atoms with Gasteiger partial charge in [0.25, 0.3) is 5.69 Å². The maximum absolute atomic E-state index is 13.0. The average Bonchev–Trinajstić information content (AvgIpc) is 2.15. The Morgan fingerprint density at radius 2 is 2.19 bits per heavy atom. The van der Waals surface area contributed by atoms with Gasteiger partial charge in [-0.05, 0) is 37.8 Å². The molecular formula is C11H13FN2O2. The van der Waals surface area contributed by atoms with Gasteiger partial charge in [0, 0.05) is 17.2 Å². The fourth-order valence-electron chi connectivity index (χ4n) is 2.06. The summed E-state index contributed by atoms with van der Waals surface area (Å²) in [5, 5.41) is 10.8. The van der Waals surface area contributed by atoms with Crippen molar-refractivity contribution in [2.75, 3.05) is 0 Å². The van der Waals surface area contributed by atoms with Gasteiger partial charge in [-0.1, -0.05) is 0 Å². The number of rotatable bonds is 3. The van der Waals surface area contributed by atoms with E-state index in [0.717, 1.165) is 25.3 Å². The summed E-state index contributed by atoms with van der Waals surface area (Å²) in [7, 11) is 0. The summed E-state index contributed by atoms with van der Waals surface area (Å²) in [5.74, 6) is -0.455. The number of nitrogens with two attached hydrogens (primary N) is 1. The van der Waals surface area contributed by atoms with Crippen LogP contribution in [0.5, 0.6) is 0 Å². The molecule has 0 aromatic heterocycles. The summed E-state index contributed by atoms with van der Waals surface area (Å²) in [6.45, 7) is 0. The molecule has 0 amide bonds. The monoisotopic (exact) mass is 224 g/mol. The average molecular weight is 224 g/mol. The number of benzene rings is 1. The lowest BCUT2D eigenvalue weighted by atomic mass is 9.73. The Labute approximate surface area is 92.4 Å². The van der Waals surface area contributed by atoms with Gasteiger partial charge < -0.3 is 5.73 Å². The van der Waals surface area contributed by atoms with Crippen molar-refractivity contribution >= 4 is 5.69 Å². The highest BCUT2D eigenvalue weighted by atomic mass is 19.1. The summed E-state index contributed by atoms with van der Waals surface area (Å²) in [5.41, 5.74) is 5.98. The highest BCUT2D eigenvalue weighted by Gasteiger charge is 2.34. The zero-order valence-electron chi connectivity index (χ0n) is 8.78. The lowest BCUT2D eigenvalue weighted by molar-refractivity contribution is -0.385. The molecule has 0 aliphatic heterocycles. The minimum Gasteiger partial charge on any atom is -0.325 e. The van der Waals surface area contributed by atoms with Crippen LogP contribution in [-0.4, -0.2) is 10.5 Å². The number of nitrogens with zero attached hydrogens (tertiary/aromatic N) is 1. The van der Waals surface area contributed by atoms with Gasteiger partial charge in [0.2, 0.25) is 0 Å². The van der Waals surface area contributed by atoms with E-state index in [2.05, 4.69) is 0 Å². The summed E-state index contributed by atoms with van der Waals surface area (Å²) in [6, 6.07) is 3.52. The van der Waals surface area contributed by atoms with Crippen molar-refractivity contribution in [1.82, 2.24) is 0 Å². The SMILES string of the molecule is NC1(Cc2cc(F)ccc2[N+](=O)[O-])CCC1. The first kappa shape index (κ1) is 11.0. The van der Waals surface area contributed by atoms with E-state index >= 15 is 0 Å². The first-order chi connectivity index (χ1) is 7.50. The molecule has 1 aromatic carbocycles. The fraction of sp³-hybridized carbons (Fsp3) is 0.455. The van der Waals surface area contributed by atoms with E-state index in [1.165, 1.54) is 12.1 Å². The molecule has 16 heavy (non-hydrogen) atoms. The van der Waals surface area contributed by atoms with Gasteiger partial charge in [0.05, 0.1) is 4.92 Å². The third-order valence-corrected chi connectivity index (χ3v) is 3.13. The maximum atomic E-state index is 13.0. The molecule has 0 saturated heterocycles. The minimum absolute atomic E-state index is 0.0434. The lowest BCUT2D eigenvalue weighted by Crippen LogP contribution is -2.48. The molecule has 1 fully saturated rings. The quantitative estimate of drug-likeness (QED) is 0.631. The fourth-order valence-corrected chi connectivity index (χ4v) is 2.06. The third kappa shape index (κ3) is 2.04. The van der Waals surface area contributed by atoms with Crippen LogP contribution in [0, 0.1) is 15.9 Å². The van der Waals surface area contributed by atoms with Crippen LogP contribution in [0.1, 0.15) is 24.8 Å². The van der Waals surface area contributed by atoms with Gasteiger partial charge in [-0.15, -0.1) is 0 Å². The van der Waals surface area contributed by atoms with Gasteiger partial charge in [-0.2, -0.15) is 0 Å². The van der Waals surface area contributed by atoms with Crippen molar-refractivity contribution in [1.29, 1.82) is 0 Å². The van der Waals surface area contributed by atoms with Gasteiger partial charge in [0.1, 0.15) is 5.82 Å². The molecule has 1 saturated carbocycles. The molecule has 0 bridgehead atoms. The molecule has 1 aromatic rings.